The van der Waals surface area contributed by atoms with E-state index < -0.39 is 0 Å². The molecule has 0 aliphatic heterocycles. The van der Waals surface area contributed by atoms with Gasteiger partial charge < -0.3 is 24.1 Å². The van der Waals surface area contributed by atoms with E-state index in [1.165, 1.54) is 0 Å². The number of benzene rings is 2. The van der Waals surface area contributed by atoms with Crippen LogP contribution in [-0.4, -0.2) is 45.7 Å². The van der Waals surface area contributed by atoms with E-state index in [1.807, 2.05) is 67.5 Å². The van der Waals surface area contributed by atoms with Gasteiger partial charge in [-0.2, -0.15) is 0 Å². The first-order valence-electron chi connectivity index (χ1n) is 9.13. The average molecular weight is 382 g/mol. The number of ether oxygens (including phenoxy) is 2. The zero-order valence-corrected chi connectivity index (χ0v) is 16.7. The van der Waals surface area contributed by atoms with E-state index >= 15 is 0 Å². The van der Waals surface area contributed by atoms with Crippen molar-refractivity contribution in [2.45, 2.75) is 12.6 Å². The van der Waals surface area contributed by atoms with E-state index in [2.05, 4.69) is 5.32 Å². The van der Waals surface area contributed by atoms with Crippen LogP contribution in [0.1, 0.15) is 27.7 Å². The quantitative estimate of drug-likeness (QED) is 0.645. The van der Waals surface area contributed by atoms with Gasteiger partial charge in [-0.3, -0.25) is 4.79 Å². The molecule has 0 saturated heterocycles. The Morgan fingerprint density at radius 2 is 1.82 bits per heavy atom. The number of carbonyl (C=O) groups excluding carboxylic acids is 1. The molecule has 0 aliphatic carbocycles. The molecule has 0 bridgehead atoms. The van der Waals surface area contributed by atoms with Crippen molar-refractivity contribution >= 4 is 16.9 Å². The van der Waals surface area contributed by atoms with Crippen molar-refractivity contribution in [3.05, 3.63) is 65.4 Å². The maximum atomic E-state index is 12.9. The minimum absolute atomic E-state index is 0.0460. The van der Waals surface area contributed by atoms with E-state index in [4.69, 9.17) is 13.9 Å². The highest BCUT2D eigenvalue weighted by Crippen LogP contribution is 2.29. The minimum atomic E-state index is -0.259. The predicted octanol–water partition coefficient (Wildman–Crippen LogP) is 3.62. The van der Waals surface area contributed by atoms with Crippen LogP contribution >= 0.6 is 0 Å². The van der Waals surface area contributed by atoms with E-state index in [0.29, 0.717) is 24.5 Å². The van der Waals surface area contributed by atoms with Crippen molar-refractivity contribution in [1.82, 2.24) is 10.2 Å². The Bertz CT molecular complexity index is 949. The molecule has 1 amide bonds. The predicted molar refractivity (Wildman–Crippen MR) is 109 cm³/mol. The monoisotopic (exact) mass is 382 g/mol. The van der Waals surface area contributed by atoms with Gasteiger partial charge in [0.25, 0.3) is 5.91 Å². The SMILES string of the molecule is COCc1c(C(=O)NC[C@H](c2ccccc2OC)N(C)C)oc2ccccc12. The van der Waals surface area contributed by atoms with Gasteiger partial charge in [0.2, 0.25) is 0 Å². The van der Waals surface area contributed by atoms with Gasteiger partial charge in [-0.1, -0.05) is 36.4 Å². The number of hydrogen-bond donors (Lipinski definition) is 1. The number of rotatable bonds is 8. The van der Waals surface area contributed by atoms with Crippen molar-refractivity contribution in [3.8, 4) is 5.75 Å². The lowest BCUT2D eigenvalue weighted by Gasteiger charge is -2.26. The van der Waals surface area contributed by atoms with Crippen molar-refractivity contribution < 1.29 is 18.7 Å². The maximum absolute atomic E-state index is 12.9. The van der Waals surface area contributed by atoms with Gasteiger partial charge in [0.1, 0.15) is 11.3 Å². The molecule has 3 rings (SSSR count). The first-order chi connectivity index (χ1) is 13.6. The van der Waals surface area contributed by atoms with Crippen LogP contribution in [0.3, 0.4) is 0 Å². The molecule has 3 aromatic rings. The number of methoxy groups -OCH3 is 2. The Hall–Kier alpha value is -2.83. The summed E-state index contributed by atoms with van der Waals surface area (Å²) in [6.45, 7) is 0.721. The van der Waals surface area contributed by atoms with Crippen molar-refractivity contribution in [2.24, 2.45) is 0 Å². The van der Waals surface area contributed by atoms with Crippen LogP contribution in [0.15, 0.2) is 52.9 Å². The van der Waals surface area contributed by atoms with Crippen LogP contribution < -0.4 is 10.1 Å². The normalized spacial score (nSPS) is 12.3. The third kappa shape index (κ3) is 4.03. The Kier molecular flexibility index (Phi) is 6.34. The Balaban J connectivity index is 1.84. The number of amides is 1. The van der Waals surface area contributed by atoms with Crippen LogP contribution in [0.2, 0.25) is 0 Å². The summed E-state index contributed by atoms with van der Waals surface area (Å²) in [5.41, 5.74) is 2.44. The standard InChI is InChI=1S/C22H26N2O4/c1-24(2)18(16-10-6-7-11-19(16)27-4)13-23-22(25)21-17(14-26-3)15-9-5-8-12-20(15)28-21/h5-12,18H,13-14H2,1-4H3,(H,23,25)/t18-/m1/s1. The molecule has 0 radical (unpaired) electrons. The fourth-order valence-corrected chi connectivity index (χ4v) is 3.35. The van der Waals surface area contributed by atoms with Crippen molar-refractivity contribution in [3.63, 3.8) is 0 Å². The summed E-state index contributed by atoms with van der Waals surface area (Å²) in [5, 5.41) is 3.90. The molecule has 6 nitrogen and oxygen atoms in total. The lowest BCUT2D eigenvalue weighted by Crippen LogP contribution is -2.35. The molecular weight excluding hydrogens is 356 g/mol. The summed E-state index contributed by atoms with van der Waals surface area (Å²) < 4.78 is 16.6. The first kappa shape index (κ1) is 19.9. The number of hydrogen-bond acceptors (Lipinski definition) is 5. The van der Waals surface area contributed by atoms with Gasteiger partial charge >= 0.3 is 0 Å². The molecule has 0 saturated carbocycles. The summed E-state index contributed by atoms with van der Waals surface area (Å²) in [4.78, 5) is 15.0. The van der Waals surface area contributed by atoms with Crippen molar-refractivity contribution in [1.29, 1.82) is 0 Å². The molecule has 6 heteroatoms. The van der Waals surface area contributed by atoms with Gasteiger partial charge in [-0.05, 0) is 26.2 Å². The highest BCUT2D eigenvalue weighted by Gasteiger charge is 2.23. The van der Waals surface area contributed by atoms with Crippen LogP contribution in [0.25, 0.3) is 11.0 Å². The number of fused-ring (bicyclic) bond motifs is 1. The summed E-state index contributed by atoms with van der Waals surface area (Å²) in [6, 6.07) is 15.4. The smallest absolute Gasteiger partial charge is 0.287 e. The average Bonchev–Trinajstić information content (AvgIpc) is 3.07. The molecule has 0 spiro atoms. The van der Waals surface area contributed by atoms with Crippen LogP contribution in [0, 0.1) is 0 Å². The van der Waals surface area contributed by atoms with Gasteiger partial charge in [-0.15, -0.1) is 0 Å². The van der Waals surface area contributed by atoms with Crippen molar-refractivity contribution in [2.75, 3.05) is 34.9 Å². The number of nitrogens with zero attached hydrogens (tertiary/aromatic N) is 1. The highest BCUT2D eigenvalue weighted by atomic mass is 16.5. The van der Waals surface area contributed by atoms with E-state index in [0.717, 1.165) is 22.3 Å². The molecule has 1 atom stereocenters. The maximum Gasteiger partial charge on any atom is 0.287 e. The number of likely N-dealkylation sites (N-methyl/N-ethyl adjacent to an activating group) is 1. The third-order valence-electron chi connectivity index (χ3n) is 4.77. The molecule has 1 N–H and O–H groups in total. The number of nitrogens with one attached hydrogen (secondary N) is 1. The van der Waals surface area contributed by atoms with Gasteiger partial charge in [0.15, 0.2) is 5.76 Å². The Morgan fingerprint density at radius 1 is 1.11 bits per heavy atom. The van der Waals surface area contributed by atoms with E-state index in [9.17, 15) is 4.79 Å². The fraction of sp³-hybridized carbons (Fsp3) is 0.318. The summed E-state index contributed by atoms with van der Waals surface area (Å²) in [5.74, 6) is 0.824. The molecule has 28 heavy (non-hydrogen) atoms. The highest BCUT2D eigenvalue weighted by molar-refractivity contribution is 5.99. The lowest BCUT2D eigenvalue weighted by atomic mass is 10.0. The largest absolute Gasteiger partial charge is 0.496 e. The molecule has 1 aromatic heterocycles. The zero-order valence-electron chi connectivity index (χ0n) is 16.7. The summed E-state index contributed by atoms with van der Waals surface area (Å²) in [7, 11) is 7.20. The second-order valence-corrected chi connectivity index (χ2v) is 6.77. The lowest BCUT2D eigenvalue weighted by molar-refractivity contribution is 0.0909. The van der Waals surface area contributed by atoms with Gasteiger partial charge in [-0.25, -0.2) is 0 Å². The second kappa shape index (κ2) is 8.91. The fourth-order valence-electron chi connectivity index (χ4n) is 3.35. The van der Waals surface area contributed by atoms with E-state index in [-0.39, 0.29) is 11.9 Å². The molecule has 2 aromatic carbocycles. The second-order valence-electron chi connectivity index (χ2n) is 6.77. The number of para-hydroxylation sites is 2. The number of carbonyl (C=O) groups is 1. The van der Waals surface area contributed by atoms with Gasteiger partial charge in [0, 0.05) is 30.2 Å². The Morgan fingerprint density at radius 3 is 2.54 bits per heavy atom. The third-order valence-corrected chi connectivity index (χ3v) is 4.77. The molecule has 0 aliphatic rings. The molecule has 0 unspecified atom stereocenters. The first-order valence-corrected chi connectivity index (χ1v) is 9.13. The van der Waals surface area contributed by atoms with Crippen LogP contribution in [-0.2, 0) is 11.3 Å². The van der Waals surface area contributed by atoms with Crippen LogP contribution in [0.4, 0.5) is 0 Å². The summed E-state index contributed by atoms with van der Waals surface area (Å²) >= 11 is 0. The summed E-state index contributed by atoms with van der Waals surface area (Å²) in [6.07, 6.45) is 0. The Labute approximate surface area is 165 Å². The van der Waals surface area contributed by atoms with Gasteiger partial charge in [0.05, 0.1) is 19.8 Å². The molecular formula is C22H26N2O4. The van der Waals surface area contributed by atoms with E-state index in [1.54, 1.807) is 14.2 Å². The molecule has 0 fully saturated rings. The topological polar surface area (TPSA) is 63.9 Å². The minimum Gasteiger partial charge on any atom is -0.496 e. The van der Waals surface area contributed by atoms with Crippen LogP contribution in [0.5, 0.6) is 5.75 Å². The molecule has 1 heterocycles. The number of furan rings is 1. The molecule has 148 valence electrons. The zero-order chi connectivity index (χ0) is 20.1.